The monoisotopic (exact) mass is 269 g/mol. The van der Waals surface area contributed by atoms with E-state index >= 15 is 0 Å². The van der Waals surface area contributed by atoms with Crippen molar-refractivity contribution in [2.75, 3.05) is 13.7 Å². The summed E-state index contributed by atoms with van der Waals surface area (Å²) >= 11 is 0. The maximum absolute atomic E-state index is 5.83. The maximum atomic E-state index is 5.83. The molecule has 2 heteroatoms. The van der Waals surface area contributed by atoms with E-state index in [0.717, 1.165) is 12.2 Å². The molecule has 0 aliphatic rings. The second-order valence-corrected chi connectivity index (χ2v) is 5.29. The molecule has 0 fully saturated rings. The Hall–Kier alpha value is -1.80. The molecule has 1 atom stereocenters. The molecule has 2 nitrogen and oxygen atoms in total. The molecule has 0 radical (unpaired) electrons. The van der Waals surface area contributed by atoms with Gasteiger partial charge >= 0.3 is 0 Å². The van der Waals surface area contributed by atoms with Crippen molar-refractivity contribution in [3.8, 4) is 5.75 Å². The first-order chi connectivity index (χ1) is 9.65. The van der Waals surface area contributed by atoms with Crippen molar-refractivity contribution in [3.63, 3.8) is 0 Å². The van der Waals surface area contributed by atoms with Gasteiger partial charge in [-0.1, -0.05) is 47.5 Å². The summed E-state index contributed by atoms with van der Waals surface area (Å²) in [5, 5.41) is 0. The Kier molecular flexibility index (Phi) is 4.80. The van der Waals surface area contributed by atoms with E-state index in [-0.39, 0.29) is 5.92 Å². The van der Waals surface area contributed by atoms with Crippen LogP contribution < -0.4 is 10.5 Å². The van der Waals surface area contributed by atoms with Crippen LogP contribution >= 0.6 is 0 Å². The van der Waals surface area contributed by atoms with Crippen LogP contribution in [0.5, 0.6) is 5.75 Å². The minimum absolute atomic E-state index is 0.287. The number of hydrogen-bond donors (Lipinski definition) is 1. The van der Waals surface area contributed by atoms with Gasteiger partial charge in [0.25, 0.3) is 0 Å². The summed E-state index contributed by atoms with van der Waals surface area (Å²) in [6, 6.07) is 15.0. The number of aryl methyl sites for hydroxylation is 2. The van der Waals surface area contributed by atoms with Crippen LogP contribution in [0.2, 0.25) is 0 Å². The molecule has 0 saturated heterocycles. The second-order valence-electron chi connectivity index (χ2n) is 5.29. The molecule has 0 saturated carbocycles. The number of nitrogens with two attached hydrogens (primary N) is 1. The lowest BCUT2D eigenvalue weighted by Crippen LogP contribution is -2.10. The third-order valence-corrected chi connectivity index (χ3v) is 3.66. The Labute approximate surface area is 121 Å². The van der Waals surface area contributed by atoms with Gasteiger partial charge in [-0.2, -0.15) is 0 Å². The summed E-state index contributed by atoms with van der Waals surface area (Å²) in [7, 11) is 1.73. The standard InChI is InChI=1S/C18H23NO/c1-13-5-4-6-15(11-13)16(9-10-19)17-12-14(2)7-8-18(17)20-3/h4-8,11-12,16H,9-10,19H2,1-3H3. The summed E-state index contributed by atoms with van der Waals surface area (Å²) in [5.41, 5.74) is 10.9. The van der Waals surface area contributed by atoms with Crippen LogP contribution in [0.15, 0.2) is 42.5 Å². The Balaban J connectivity index is 2.50. The molecule has 2 aromatic rings. The summed E-state index contributed by atoms with van der Waals surface area (Å²) in [4.78, 5) is 0. The first-order valence-electron chi connectivity index (χ1n) is 7.07. The Morgan fingerprint density at radius 2 is 1.80 bits per heavy atom. The van der Waals surface area contributed by atoms with Crippen molar-refractivity contribution in [3.05, 3.63) is 64.7 Å². The van der Waals surface area contributed by atoms with Crippen LogP contribution in [-0.2, 0) is 0 Å². The van der Waals surface area contributed by atoms with Gasteiger partial charge in [-0.05, 0) is 38.4 Å². The number of ether oxygens (including phenoxy) is 1. The average Bonchev–Trinajstić information content (AvgIpc) is 2.44. The van der Waals surface area contributed by atoms with Gasteiger partial charge in [0, 0.05) is 11.5 Å². The van der Waals surface area contributed by atoms with Crippen LogP contribution in [0.3, 0.4) is 0 Å². The van der Waals surface area contributed by atoms with Crippen LogP contribution in [0, 0.1) is 13.8 Å². The van der Waals surface area contributed by atoms with E-state index in [1.165, 1.54) is 22.3 Å². The van der Waals surface area contributed by atoms with E-state index in [9.17, 15) is 0 Å². The normalized spacial score (nSPS) is 12.2. The Morgan fingerprint density at radius 3 is 2.45 bits per heavy atom. The summed E-state index contributed by atoms with van der Waals surface area (Å²) in [6.07, 6.45) is 0.920. The molecular formula is C18H23NO. The van der Waals surface area contributed by atoms with E-state index < -0.39 is 0 Å². The van der Waals surface area contributed by atoms with E-state index in [4.69, 9.17) is 10.5 Å². The lowest BCUT2D eigenvalue weighted by Gasteiger charge is -2.21. The number of hydrogen-bond acceptors (Lipinski definition) is 2. The van der Waals surface area contributed by atoms with Crippen molar-refractivity contribution >= 4 is 0 Å². The van der Waals surface area contributed by atoms with E-state index in [1.54, 1.807) is 7.11 Å². The van der Waals surface area contributed by atoms with Crippen molar-refractivity contribution in [1.82, 2.24) is 0 Å². The second kappa shape index (κ2) is 6.58. The molecule has 2 aromatic carbocycles. The maximum Gasteiger partial charge on any atom is 0.122 e. The molecule has 2 rings (SSSR count). The third-order valence-electron chi connectivity index (χ3n) is 3.66. The summed E-state index contributed by atoms with van der Waals surface area (Å²) in [6.45, 7) is 4.89. The molecule has 2 N–H and O–H groups in total. The van der Waals surface area contributed by atoms with E-state index in [0.29, 0.717) is 6.54 Å². The van der Waals surface area contributed by atoms with Crippen LogP contribution in [-0.4, -0.2) is 13.7 Å². The molecule has 0 amide bonds. The smallest absolute Gasteiger partial charge is 0.122 e. The van der Waals surface area contributed by atoms with Crippen molar-refractivity contribution in [2.24, 2.45) is 5.73 Å². The molecule has 0 aliphatic carbocycles. The number of benzene rings is 2. The molecule has 0 bridgehead atoms. The number of methoxy groups -OCH3 is 1. The van der Waals surface area contributed by atoms with Gasteiger partial charge in [-0.15, -0.1) is 0 Å². The van der Waals surface area contributed by atoms with Crippen LogP contribution in [0.1, 0.15) is 34.6 Å². The Bertz CT molecular complexity index is 577. The highest BCUT2D eigenvalue weighted by Crippen LogP contribution is 2.35. The van der Waals surface area contributed by atoms with Crippen molar-refractivity contribution in [1.29, 1.82) is 0 Å². The lowest BCUT2D eigenvalue weighted by atomic mass is 9.86. The zero-order valence-corrected chi connectivity index (χ0v) is 12.5. The first kappa shape index (κ1) is 14.6. The van der Waals surface area contributed by atoms with Crippen LogP contribution in [0.25, 0.3) is 0 Å². The fourth-order valence-electron chi connectivity index (χ4n) is 2.68. The molecule has 0 aliphatic heterocycles. The van der Waals surface area contributed by atoms with Gasteiger partial charge in [0.15, 0.2) is 0 Å². The van der Waals surface area contributed by atoms with Gasteiger partial charge in [0.05, 0.1) is 7.11 Å². The Morgan fingerprint density at radius 1 is 1.05 bits per heavy atom. The van der Waals surface area contributed by atoms with Crippen molar-refractivity contribution < 1.29 is 4.74 Å². The number of rotatable bonds is 5. The van der Waals surface area contributed by atoms with E-state index in [2.05, 4.69) is 50.2 Å². The van der Waals surface area contributed by atoms with Crippen molar-refractivity contribution in [2.45, 2.75) is 26.2 Å². The first-order valence-corrected chi connectivity index (χ1v) is 7.07. The van der Waals surface area contributed by atoms with Gasteiger partial charge in [-0.25, -0.2) is 0 Å². The molecule has 1 unspecified atom stereocenters. The fourth-order valence-corrected chi connectivity index (χ4v) is 2.68. The lowest BCUT2D eigenvalue weighted by molar-refractivity contribution is 0.406. The minimum atomic E-state index is 0.287. The van der Waals surface area contributed by atoms with Crippen LogP contribution in [0.4, 0.5) is 0 Å². The molecule has 20 heavy (non-hydrogen) atoms. The summed E-state index contributed by atoms with van der Waals surface area (Å²) in [5.74, 6) is 1.23. The van der Waals surface area contributed by atoms with Gasteiger partial charge in [-0.3, -0.25) is 0 Å². The topological polar surface area (TPSA) is 35.2 Å². The van der Waals surface area contributed by atoms with Gasteiger partial charge in [0.1, 0.15) is 5.75 Å². The highest BCUT2D eigenvalue weighted by Gasteiger charge is 2.18. The molecular weight excluding hydrogens is 246 g/mol. The highest BCUT2D eigenvalue weighted by molar-refractivity contribution is 5.44. The molecule has 0 spiro atoms. The summed E-state index contributed by atoms with van der Waals surface area (Å²) < 4.78 is 5.54. The quantitative estimate of drug-likeness (QED) is 0.896. The zero-order valence-electron chi connectivity index (χ0n) is 12.5. The third kappa shape index (κ3) is 3.20. The predicted molar refractivity (Wildman–Crippen MR) is 84.4 cm³/mol. The van der Waals surface area contributed by atoms with Gasteiger partial charge < -0.3 is 10.5 Å². The SMILES string of the molecule is COc1ccc(C)cc1C(CCN)c1cccc(C)c1. The minimum Gasteiger partial charge on any atom is -0.496 e. The average molecular weight is 269 g/mol. The molecule has 0 aromatic heterocycles. The largest absolute Gasteiger partial charge is 0.496 e. The molecule has 0 heterocycles. The predicted octanol–water partition coefficient (Wildman–Crippen LogP) is 3.79. The molecule has 106 valence electrons. The highest BCUT2D eigenvalue weighted by atomic mass is 16.5. The van der Waals surface area contributed by atoms with Gasteiger partial charge in [0.2, 0.25) is 0 Å². The fraction of sp³-hybridized carbons (Fsp3) is 0.333. The van der Waals surface area contributed by atoms with E-state index in [1.807, 2.05) is 6.07 Å². The zero-order chi connectivity index (χ0) is 14.5.